The summed E-state index contributed by atoms with van der Waals surface area (Å²) in [6, 6.07) is 9.73. The molecule has 0 heterocycles. The fraction of sp³-hybridized carbons (Fsp3) is 0.623. The lowest BCUT2D eigenvalue weighted by atomic mass is 9.74. The van der Waals surface area contributed by atoms with Crippen LogP contribution in [-0.2, 0) is 35.8 Å². The van der Waals surface area contributed by atoms with E-state index in [9.17, 15) is 29.4 Å². The number of hydrogen-bond acceptors (Lipinski definition) is 10. The highest BCUT2D eigenvalue weighted by molar-refractivity contribution is 5.94. The van der Waals surface area contributed by atoms with Crippen molar-refractivity contribution in [2.45, 2.75) is 135 Å². The van der Waals surface area contributed by atoms with Gasteiger partial charge in [0.05, 0.1) is 18.6 Å². The number of unbranched alkanes of at least 4 members (excludes halogenated alkanes) is 1. The Balaban J connectivity index is 1.68. The summed E-state index contributed by atoms with van der Waals surface area (Å²) < 4.78 is 5.51. The van der Waals surface area contributed by atoms with E-state index in [2.05, 4.69) is 92.6 Å². The number of aromatic hydroxyl groups is 1. The van der Waals surface area contributed by atoms with Crippen molar-refractivity contribution in [3.05, 3.63) is 71.9 Å². The molecule has 0 radical (unpaired) electrons. The predicted octanol–water partition coefficient (Wildman–Crippen LogP) is 5.86. The monoisotopic (exact) mass is 930 g/mol. The molecule has 372 valence electrons. The maximum absolute atomic E-state index is 14.6. The molecular weight excluding hydrogens is 847 g/mol. The number of phenolic OH excluding ortho intramolecular Hbond substituents is 1. The molecule has 2 aromatic rings. The number of aliphatic hydroxyl groups is 1. The Bertz CT molecular complexity index is 2060. The zero-order valence-electron chi connectivity index (χ0n) is 42.5. The summed E-state index contributed by atoms with van der Waals surface area (Å²) in [5, 5.41) is 37.2. The van der Waals surface area contributed by atoms with Crippen molar-refractivity contribution >= 4 is 29.2 Å². The second-order valence-electron chi connectivity index (χ2n) is 20.6. The Morgan fingerprint density at radius 1 is 0.940 bits per heavy atom. The van der Waals surface area contributed by atoms with Crippen LogP contribution in [0.4, 0.5) is 0 Å². The number of nitrogens with zero attached hydrogens (tertiary/aromatic N) is 2. The second kappa shape index (κ2) is 24.0. The number of amides is 4. The van der Waals surface area contributed by atoms with Gasteiger partial charge in [-0.2, -0.15) is 0 Å². The molecule has 0 aromatic heterocycles. The molecule has 14 heteroatoms. The number of phenols is 1. The van der Waals surface area contributed by atoms with Crippen LogP contribution in [0.5, 0.6) is 5.75 Å². The molecule has 0 saturated heterocycles. The average Bonchev–Trinajstić information content (AvgIpc) is 3.68. The van der Waals surface area contributed by atoms with Gasteiger partial charge in [-0.15, -0.1) is 0 Å². The van der Waals surface area contributed by atoms with Gasteiger partial charge in [0, 0.05) is 58.2 Å². The highest BCUT2D eigenvalue weighted by Crippen LogP contribution is 2.42. The van der Waals surface area contributed by atoms with E-state index in [0.29, 0.717) is 18.7 Å². The van der Waals surface area contributed by atoms with Crippen molar-refractivity contribution in [2.24, 2.45) is 17.3 Å². The number of methoxy groups -OCH3 is 1. The van der Waals surface area contributed by atoms with Crippen LogP contribution in [0.2, 0.25) is 0 Å². The summed E-state index contributed by atoms with van der Waals surface area (Å²) in [6.45, 7) is 23.4. The lowest BCUT2D eigenvalue weighted by Crippen LogP contribution is -2.57. The summed E-state index contributed by atoms with van der Waals surface area (Å²) in [5.41, 5.74) is 4.65. The molecule has 4 amide bonds. The minimum absolute atomic E-state index is 0.0183. The van der Waals surface area contributed by atoms with Crippen LogP contribution in [0.25, 0.3) is 16.7 Å². The highest BCUT2D eigenvalue weighted by Gasteiger charge is 2.57. The van der Waals surface area contributed by atoms with Crippen LogP contribution in [0.3, 0.4) is 0 Å². The topological polar surface area (TPSA) is 185 Å². The number of ether oxygens (including phenoxy) is 1. The van der Waals surface area contributed by atoms with E-state index >= 15 is 0 Å². The first-order valence-corrected chi connectivity index (χ1v) is 24.3. The van der Waals surface area contributed by atoms with Crippen molar-refractivity contribution < 1.29 is 34.1 Å². The minimum Gasteiger partial charge on any atom is -0.508 e. The van der Waals surface area contributed by atoms with E-state index in [1.807, 2.05) is 20.0 Å². The number of rotatable bonds is 26. The zero-order chi connectivity index (χ0) is 49.9. The maximum atomic E-state index is 14.6. The summed E-state index contributed by atoms with van der Waals surface area (Å²) in [6.07, 6.45) is 6.66. The second-order valence-corrected chi connectivity index (χ2v) is 20.6. The molecule has 2 fully saturated rings. The summed E-state index contributed by atoms with van der Waals surface area (Å²) in [5.74, 6) is -2.37. The molecule has 67 heavy (non-hydrogen) atoms. The van der Waals surface area contributed by atoms with E-state index in [0.717, 1.165) is 91.4 Å². The lowest BCUT2D eigenvalue weighted by Gasteiger charge is -2.34. The van der Waals surface area contributed by atoms with Crippen molar-refractivity contribution in [2.75, 3.05) is 61.5 Å². The van der Waals surface area contributed by atoms with E-state index < -0.39 is 35.5 Å². The maximum Gasteiger partial charge on any atom is 0.243 e. The molecule has 2 saturated carbocycles. The normalized spacial score (nSPS) is 19.4. The molecule has 2 aliphatic rings. The first kappa shape index (κ1) is 54.8. The molecular formula is C53H83N7O7. The Labute approximate surface area is 401 Å². The van der Waals surface area contributed by atoms with Gasteiger partial charge in [0.1, 0.15) is 23.6 Å². The van der Waals surface area contributed by atoms with Gasteiger partial charge < -0.3 is 46.0 Å². The third kappa shape index (κ3) is 14.9. The van der Waals surface area contributed by atoms with Crippen molar-refractivity contribution in [3.8, 4) is 16.9 Å². The Kier molecular flexibility index (Phi) is 19.6. The summed E-state index contributed by atoms with van der Waals surface area (Å²) >= 11 is 0. The smallest absolute Gasteiger partial charge is 0.243 e. The van der Waals surface area contributed by atoms with Gasteiger partial charge in [0.2, 0.25) is 23.6 Å². The molecule has 0 bridgehead atoms. The van der Waals surface area contributed by atoms with E-state index in [1.165, 1.54) is 16.8 Å². The number of allylic oxidation sites excluding steroid dienone is 1. The average molecular weight is 930 g/mol. The molecule has 0 unspecified atom stereocenters. The van der Waals surface area contributed by atoms with Crippen molar-refractivity contribution in [1.29, 1.82) is 0 Å². The molecule has 4 rings (SSSR count). The zero-order valence-corrected chi connectivity index (χ0v) is 42.5. The molecule has 14 nitrogen and oxygen atoms in total. The highest BCUT2D eigenvalue weighted by atomic mass is 16.5. The standard InChI is InChI=1S/C53H83N7O7/c1-14-52(8,33-57-35(3)36(4)67-13)43-22-21-39(29-42(43)34(2)30-51(5,6)7)40-25-37(26-41(61)28-40)27-45(48(63)56-24-18-17-23-54-9)58-49(64)47(38-19-15-16-20-38)60(12)46(62)32-59(11)50(65)44-31-53(44,66)55-10/h21-22,25-26,28-29,36,38,44-45,47,54-55,57,61,66H,2-3,14-20,23-24,27,30-33H2,1,4-13H3,(H,56,63)(H,58,64)/t36-,44-,45-,47-,52+,53-/m0/s1. The number of nitrogens with one attached hydrogen (secondary N) is 5. The SMILES string of the molecule is C=C(CC(C)(C)C)c1cc(-c2cc(O)cc(C[C@H](NC(=O)[C@H](C3CCCC3)N(C)C(=O)CN(C)C(=O)[C@@H]3C[C@@]3(O)NC)C(=O)NCCCCNC)c2)ccc1[C@](C)(CC)CNC(=C)[C@H](C)OC. The Hall–Kier alpha value is -4.76. The van der Waals surface area contributed by atoms with Gasteiger partial charge in [-0.25, -0.2) is 0 Å². The molecule has 0 spiro atoms. The number of carbonyl (C=O) groups excluding carboxylic acids is 4. The summed E-state index contributed by atoms with van der Waals surface area (Å²) in [7, 11) is 8.23. The van der Waals surface area contributed by atoms with Crippen LogP contribution in [-0.4, -0.2) is 129 Å². The first-order chi connectivity index (χ1) is 31.5. The first-order valence-electron chi connectivity index (χ1n) is 24.3. The van der Waals surface area contributed by atoms with Crippen LogP contribution < -0.4 is 26.6 Å². The Morgan fingerprint density at radius 2 is 1.61 bits per heavy atom. The van der Waals surface area contributed by atoms with Gasteiger partial charge in [-0.3, -0.25) is 24.5 Å². The van der Waals surface area contributed by atoms with E-state index in [1.54, 1.807) is 33.3 Å². The van der Waals surface area contributed by atoms with Crippen LogP contribution in [0, 0.1) is 17.3 Å². The number of carbonyl (C=O) groups is 4. The summed E-state index contributed by atoms with van der Waals surface area (Å²) in [4.78, 5) is 58.4. The van der Waals surface area contributed by atoms with E-state index in [-0.39, 0.29) is 59.8 Å². The van der Waals surface area contributed by atoms with Gasteiger partial charge in [0.25, 0.3) is 0 Å². The van der Waals surface area contributed by atoms with Gasteiger partial charge >= 0.3 is 0 Å². The molecule has 2 aromatic carbocycles. The third-order valence-electron chi connectivity index (χ3n) is 14.0. The third-order valence-corrected chi connectivity index (χ3v) is 14.0. The molecule has 0 aliphatic heterocycles. The molecule has 2 aliphatic carbocycles. The van der Waals surface area contributed by atoms with Gasteiger partial charge in [0.15, 0.2) is 0 Å². The number of benzene rings is 2. The predicted molar refractivity (Wildman–Crippen MR) is 268 cm³/mol. The van der Waals surface area contributed by atoms with Crippen LogP contribution in [0.1, 0.15) is 116 Å². The molecule has 6 atom stereocenters. The largest absolute Gasteiger partial charge is 0.508 e. The van der Waals surface area contributed by atoms with Crippen molar-refractivity contribution in [1.82, 2.24) is 36.4 Å². The molecule has 7 N–H and O–H groups in total. The quantitative estimate of drug-likeness (QED) is 0.0446. The van der Waals surface area contributed by atoms with Gasteiger partial charge in [-0.05, 0) is 129 Å². The Morgan fingerprint density at radius 3 is 2.21 bits per heavy atom. The number of likely N-dealkylation sites (N-methyl/N-ethyl adjacent to an activating group) is 2. The number of hydrogen-bond donors (Lipinski definition) is 7. The lowest BCUT2D eigenvalue weighted by molar-refractivity contribution is -0.145. The van der Waals surface area contributed by atoms with Crippen molar-refractivity contribution in [3.63, 3.8) is 0 Å². The van der Waals surface area contributed by atoms with E-state index in [4.69, 9.17) is 4.74 Å². The minimum atomic E-state index is -1.28. The fourth-order valence-corrected chi connectivity index (χ4v) is 9.32. The van der Waals surface area contributed by atoms with Gasteiger partial charge in [-0.1, -0.05) is 78.8 Å². The van der Waals surface area contributed by atoms with Crippen LogP contribution >= 0.6 is 0 Å². The van der Waals surface area contributed by atoms with Crippen LogP contribution in [0.15, 0.2) is 55.3 Å². The fourth-order valence-electron chi connectivity index (χ4n) is 9.32.